The molecule has 0 bridgehead atoms. The molecule has 3 aliphatic carbocycles. The van der Waals surface area contributed by atoms with Crippen LogP contribution in [0.3, 0.4) is 0 Å². The van der Waals surface area contributed by atoms with E-state index in [2.05, 4.69) is 114 Å². The minimum absolute atomic E-state index is 0.560. The zero-order chi connectivity index (χ0) is 26.1. The molecule has 0 saturated carbocycles. The molecule has 0 aromatic heterocycles. The molecule has 0 heterocycles. The third-order valence-electron chi connectivity index (χ3n) is 9.99. The fourth-order valence-corrected chi connectivity index (χ4v) is 13.5. The largest absolute Gasteiger partial charge is 0.0717 e. The van der Waals surface area contributed by atoms with Crippen molar-refractivity contribution in [1.29, 1.82) is 0 Å². The lowest BCUT2D eigenvalue weighted by molar-refractivity contribution is 0.911. The van der Waals surface area contributed by atoms with E-state index in [1.165, 1.54) is 58.2 Å². The average molecular weight is 501 g/mol. The molecule has 0 spiro atoms. The molecule has 3 aliphatic rings. The number of rotatable bonds is 4. The zero-order valence-corrected chi connectivity index (χ0v) is 24.6. The van der Waals surface area contributed by atoms with E-state index in [9.17, 15) is 0 Å². The van der Waals surface area contributed by atoms with Crippen LogP contribution in [0.4, 0.5) is 0 Å². The van der Waals surface area contributed by atoms with Gasteiger partial charge in [-0.05, 0) is 115 Å². The quantitative estimate of drug-likeness (QED) is 0.313. The molecule has 0 N–H and O–H groups in total. The second-order valence-electron chi connectivity index (χ2n) is 12.3. The van der Waals surface area contributed by atoms with Crippen LogP contribution in [-0.2, 0) is 12.8 Å². The van der Waals surface area contributed by atoms with Gasteiger partial charge in [-0.1, -0.05) is 96.6 Å². The van der Waals surface area contributed by atoms with Gasteiger partial charge in [-0.15, -0.1) is 0 Å². The molecule has 6 rings (SSSR count). The van der Waals surface area contributed by atoms with Gasteiger partial charge in [-0.3, -0.25) is 0 Å². The lowest BCUT2D eigenvalue weighted by Crippen LogP contribution is -2.41. The molecule has 3 aromatic rings. The topological polar surface area (TPSA) is 0 Å². The van der Waals surface area contributed by atoms with Gasteiger partial charge in [0.1, 0.15) is 0 Å². The van der Waals surface area contributed by atoms with Crippen molar-refractivity contribution < 1.29 is 0 Å². The van der Waals surface area contributed by atoms with Crippen LogP contribution >= 0.6 is 0 Å². The Morgan fingerprint density at radius 3 is 2.00 bits per heavy atom. The molecule has 1 atom stereocenters. The summed E-state index contributed by atoms with van der Waals surface area (Å²) in [6, 6.07) is 22.7. The lowest BCUT2D eigenvalue weighted by Gasteiger charge is -2.39. The van der Waals surface area contributed by atoms with Crippen molar-refractivity contribution in [2.75, 3.05) is 0 Å². The van der Waals surface area contributed by atoms with Crippen LogP contribution in [0, 0.1) is 0 Å². The average Bonchev–Trinajstić information content (AvgIpc) is 3.54. The van der Waals surface area contributed by atoms with Crippen LogP contribution < -0.4 is 0 Å². The van der Waals surface area contributed by atoms with Gasteiger partial charge in [-0.2, -0.15) is 0 Å². The zero-order valence-electron chi connectivity index (χ0n) is 23.6. The molecule has 188 valence electrons. The van der Waals surface area contributed by atoms with Crippen molar-refractivity contribution in [3.05, 3.63) is 111 Å². The second kappa shape index (κ2) is 8.84. The van der Waals surface area contributed by atoms with Gasteiger partial charge in [0.15, 0.2) is 0 Å². The monoisotopic (exact) mass is 500 g/mol. The summed E-state index contributed by atoms with van der Waals surface area (Å²) in [6.07, 6.45) is 6.27. The highest BCUT2D eigenvalue weighted by Gasteiger charge is 2.47. The summed E-state index contributed by atoms with van der Waals surface area (Å²) in [6.45, 7) is 17.3. The van der Waals surface area contributed by atoms with E-state index in [4.69, 9.17) is 0 Å². The smallest absolute Gasteiger partial charge is 0.0679 e. The Bertz CT molecular complexity index is 1490. The van der Waals surface area contributed by atoms with Crippen LogP contribution in [0.1, 0.15) is 68.8 Å². The lowest BCUT2D eigenvalue weighted by atomic mass is 9.86. The molecule has 0 saturated heterocycles. The Kier molecular flexibility index (Phi) is 5.84. The number of benzene rings is 3. The van der Waals surface area contributed by atoms with E-state index in [0.717, 1.165) is 0 Å². The SMILES string of the molecule is CC1=Cc2c(cc3c(c2-c2ccccc2-c2ccccc2)CCC3)C1[Si](C)(C)C1C(C)=C(C)C(C)=C1C. The molecule has 3 aromatic carbocycles. The number of hydrogen-bond donors (Lipinski definition) is 0. The van der Waals surface area contributed by atoms with Gasteiger partial charge in [-0.25, -0.2) is 0 Å². The summed E-state index contributed by atoms with van der Waals surface area (Å²) in [5, 5.41) is 0. The maximum Gasteiger partial charge on any atom is 0.0717 e. The molecule has 0 amide bonds. The summed E-state index contributed by atoms with van der Waals surface area (Å²) in [5.41, 5.74) is 21.0. The van der Waals surface area contributed by atoms with E-state index in [-0.39, 0.29) is 0 Å². The summed E-state index contributed by atoms with van der Waals surface area (Å²) < 4.78 is 0. The summed E-state index contributed by atoms with van der Waals surface area (Å²) in [7, 11) is -1.78. The van der Waals surface area contributed by atoms with Crippen molar-refractivity contribution in [2.45, 2.75) is 78.1 Å². The summed E-state index contributed by atoms with van der Waals surface area (Å²) in [5.74, 6) is 0. The number of hydrogen-bond acceptors (Lipinski definition) is 0. The third-order valence-corrected chi connectivity index (χ3v) is 14.6. The first-order valence-corrected chi connectivity index (χ1v) is 17.2. The maximum absolute atomic E-state index is 2.67. The second-order valence-corrected chi connectivity index (χ2v) is 17.1. The third kappa shape index (κ3) is 3.61. The van der Waals surface area contributed by atoms with Crippen molar-refractivity contribution >= 4 is 14.1 Å². The molecule has 0 radical (unpaired) electrons. The van der Waals surface area contributed by atoms with Crippen LogP contribution in [-0.4, -0.2) is 8.07 Å². The first-order valence-electron chi connectivity index (χ1n) is 14.1. The highest BCUT2D eigenvalue weighted by molar-refractivity contribution is 6.82. The highest BCUT2D eigenvalue weighted by atomic mass is 28.3. The van der Waals surface area contributed by atoms with Crippen LogP contribution in [0.15, 0.2) is 88.5 Å². The van der Waals surface area contributed by atoms with Crippen molar-refractivity contribution in [2.24, 2.45) is 0 Å². The van der Waals surface area contributed by atoms with Crippen molar-refractivity contribution in [3.63, 3.8) is 0 Å². The summed E-state index contributed by atoms with van der Waals surface area (Å²) >= 11 is 0. The van der Waals surface area contributed by atoms with E-state index in [0.29, 0.717) is 11.1 Å². The number of aryl methyl sites for hydroxylation is 1. The molecule has 0 aliphatic heterocycles. The molecule has 0 fully saturated rings. The van der Waals surface area contributed by atoms with E-state index in [1.807, 2.05) is 0 Å². The fourth-order valence-electron chi connectivity index (χ4n) is 8.23. The molecule has 37 heavy (non-hydrogen) atoms. The molecule has 1 unspecified atom stereocenters. The van der Waals surface area contributed by atoms with E-state index >= 15 is 0 Å². The Morgan fingerprint density at radius 1 is 0.703 bits per heavy atom. The summed E-state index contributed by atoms with van der Waals surface area (Å²) in [4.78, 5) is 0. The van der Waals surface area contributed by atoms with E-state index < -0.39 is 8.07 Å². The Morgan fingerprint density at radius 2 is 1.32 bits per heavy atom. The Hall–Kier alpha value is -2.90. The normalized spacial score (nSPS) is 19.5. The van der Waals surface area contributed by atoms with Crippen LogP contribution in [0.5, 0.6) is 0 Å². The van der Waals surface area contributed by atoms with Gasteiger partial charge < -0.3 is 0 Å². The first-order chi connectivity index (χ1) is 17.7. The van der Waals surface area contributed by atoms with E-state index in [1.54, 1.807) is 33.4 Å². The minimum Gasteiger partial charge on any atom is -0.0679 e. The highest BCUT2D eigenvalue weighted by Crippen LogP contribution is 2.56. The van der Waals surface area contributed by atoms with Crippen LogP contribution in [0.25, 0.3) is 28.3 Å². The minimum atomic E-state index is -1.78. The van der Waals surface area contributed by atoms with Gasteiger partial charge in [0.05, 0.1) is 8.07 Å². The maximum atomic E-state index is 2.67. The molecule has 1 heteroatoms. The van der Waals surface area contributed by atoms with Gasteiger partial charge in [0.25, 0.3) is 0 Å². The number of allylic oxidation sites excluding steroid dienone is 5. The molecular weight excluding hydrogens is 460 g/mol. The number of fused-ring (bicyclic) bond motifs is 2. The Balaban J connectivity index is 1.57. The van der Waals surface area contributed by atoms with Gasteiger partial charge in [0.2, 0.25) is 0 Å². The Labute approximate surface area is 224 Å². The van der Waals surface area contributed by atoms with Gasteiger partial charge >= 0.3 is 0 Å². The first kappa shape index (κ1) is 24.4. The van der Waals surface area contributed by atoms with Crippen molar-refractivity contribution in [3.8, 4) is 22.3 Å². The molecule has 0 nitrogen and oxygen atoms in total. The molecular formula is C36H40Si. The van der Waals surface area contributed by atoms with Gasteiger partial charge in [0, 0.05) is 5.54 Å². The predicted molar refractivity (Wildman–Crippen MR) is 164 cm³/mol. The van der Waals surface area contributed by atoms with Crippen molar-refractivity contribution in [1.82, 2.24) is 0 Å². The standard InChI is InChI=1S/C36H40Si/c1-22-20-32-33(35(22)37(6,7)36-25(4)23(2)24(3)26(36)5)21-28-16-13-19-30(28)34(32)31-18-12-11-17-29(31)27-14-9-8-10-15-27/h8-12,14-15,17-18,20-21,35-36H,13,16,19H2,1-7H3. The van der Waals surface area contributed by atoms with Crippen LogP contribution in [0.2, 0.25) is 18.6 Å². The predicted octanol–water partition coefficient (Wildman–Crippen LogP) is 10.3. The fraction of sp³-hybridized carbons (Fsp3) is 0.333.